The molecule has 31 heavy (non-hydrogen) atoms. The number of nitrogens with zero attached hydrogens (tertiary/aromatic N) is 3. The first-order chi connectivity index (χ1) is 14.5. The van der Waals surface area contributed by atoms with Crippen LogP contribution in [0, 0.1) is 11.8 Å². The molecule has 3 rings (SSSR count). The van der Waals surface area contributed by atoms with Gasteiger partial charge in [-0.15, -0.1) is 5.92 Å². The average molecular weight is 453 g/mol. The first-order valence-corrected chi connectivity index (χ1v) is 11.1. The highest BCUT2D eigenvalue weighted by atomic mass is 32.2. The molecule has 2 atom stereocenters. The van der Waals surface area contributed by atoms with Gasteiger partial charge in [-0.1, -0.05) is 18.1 Å². The second-order valence-electron chi connectivity index (χ2n) is 7.24. The number of nitrogen functional groups attached to an aromatic ring is 1. The molecule has 10 heteroatoms. The molecular formula is C21H23F3N4O2S. The number of hydrogen-bond acceptors (Lipinski definition) is 5. The molecule has 0 bridgehead atoms. The van der Waals surface area contributed by atoms with Crippen LogP contribution in [-0.4, -0.2) is 49.6 Å². The summed E-state index contributed by atoms with van der Waals surface area (Å²) in [6.07, 6.45) is -3.09. The van der Waals surface area contributed by atoms with E-state index in [1.165, 1.54) is 34.8 Å². The van der Waals surface area contributed by atoms with Crippen molar-refractivity contribution in [1.82, 2.24) is 9.29 Å². The van der Waals surface area contributed by atoms with Crippen molar-refractivity contribution in [2.24, 2.45) is 0 Å². The summed E-state index contributed by atoms with van der Waals surface area (Å²) in [5.41, 5.74) is 6.40. The predicted molar refractivity (Wildman–Crippen MR) is 113 cm³/mol. The number of rotatable bonds is 4. The van der Waals surface area contributed by atoms with E-state index < -0.39 is 28.2 Å². The molecule has 2 N–H and O–H groups in total. The van der Waals surface area contributed by atoms with Crippen LogP contribution in [0.25, 0.3) is 0 Å². The Kier molecular flexibility index (Phi) is 6.48. The fourth-order valence-electron chi connectivity index (χ4n) is 3.41. The lowest BCUT2D eigenvalue weighted by Crippen LogP contribution is -2.54. The number of aromatic nitrogens is 1. The fraction of sp³-hybridized carbons (Fsp3) is 0.381. The minimum absolute atomic E-state index is 0.0452. The molecule has 1 aromatic carbocycles. The number of anilines is 2. The molecule has 1 saturated heterocycles. The van der Waals surface area contributed by atoms with Crippen LogP contribution in [0.3, 0.4) is 0 Å². The average Bonchev–Trinajstić information content (AvgIpc) is 2.73. The monoisotopic (exact) mass is 452 g/mol. The lowest BCUT2D eigenvalue weighted by molar-refractivity contribution is -0.146. The molecule has 1 fully saturated rings. The number of pyridine rings is 1. The van der Waals surface area contributed by atoms with Crippen LogP contribution in [0.5, 0.6) is 0 Å². The topological polar surface area (TPSA) is 79.5 Å². The van der Waals surface area contributed by atoms with E-state index >= 15 is 0 Å². The lowest BCUT2D eigenvalue weighted by atomic mass is 10.00. The molecule has 1 aromatic heterocycles. The largest absolute Gasteiger partial charge is 0.395 e. The van der Waals surface area contributed by atoms with Gasteiger partial charge in [0.2, 0.25) is 10.0 Å². The Morgan fingerprint density at radius 2 is 1.84 bits per heavy atom. The zero-order valence-electron chi connectivity index (χ0n) is 17.1. The lowest BCUT2D eigenvalue weighted by Gasteiger charge is -2.40. The van der Waals surface area contributed by atoms with Crippen molar-refractivity contribution < 1.29 is 21.6 Å². The van der Waals surface area contributed by atoms with E-state index in [2.05, 4.69) is 16.8 Å². The summed E-state index contributed by atoms with van der Waals surface area (Å²) in [6.45, 7) is 3.44. The van der Waals surface area contributed by atoms with Crippen molar-refractivity contribution in [2.75, 3.05) is 30.3 Å². The zero-order chi connectivity index (χ0) is 22.8. The SMILES string of the molecule is CC#C[C@H]1CN(S(=O)(=O)c2ccc(N)nc2)CCN1c1ccc([C@H](C)C(F)(F)F)cc1. The van der Waals surface area contributed by atoms with E-state index in [9.17, 15) is 21.6 Å². The second kappa shape index (κ2) is 8.77. The molecule has 0 spiro atoms. The van der Waals surface area contributed by atoms with Gasteiger partial charge < -0.3 is 10.6 Å². The fourth-order valence-corrected chi connectivity index (χ4v) is 4.80. The van der Waals surface area contributed by atoms with Gasteiger partial charge in [-0.05, 0) is 43.7 Å². The number of sulfonamides is 1. The number of piperazine rings is 1. The Morgan fingerprint density at radius 3 is 2.39 bits per heavy atom. The molecule has 2 heterocycles. The van der Waals surface area contributed by atoms with Gasteiger partial charge in [-0.2, -0.15) is 17.5 Å². The number of benzene rings is 1. The number of nitrogens with two attached hydrogens (primary N) is 1. The van der Waals surface area contributed by atoms with Gasteiger partial charge in [0.05, 0.1) is 5.92 Å². The van der Waals surface area contributed by atoms with E-state index in [4.69, 9.17) is 5.73 Å². The maximum atomic E-state index is 13.0. The van der Waals surface area contributed by atoms with Crippen LogP contribution in [0.2, 0.25) is 0 Å². The normalized spacial score (nSPS) is 18.9. The van der Waals surface area contributed by atoms with Crippen LogP contribution < -0.4 is 10.6 Å². The number of alkyl halides is 3. The maximum Gasteiger partial charge on any atom is 0.395 e. The van der Waals surface area contributed by atoms with E-state index in [0.29, 0.717) is 12.2 Å². The van der Waals surface area contributed by atoms with Crippen molar-refractivity contribution >= 4 is 21.5 Å². The van der Waals surface area contributed by atoms with Crippen molar-refractivity contribution in [3.8, 4) is 11.8 Å². The van der Waals surface area contributed by atoms with Gasteiger partial charge in [0.1, 0.15) is 16.8 Å². The summed E-state index contributed by atoms with van der Waals surface area (Å²) < 4.78 is 66.2. The minimum Gasteiger partial charge on any atom is -0.384 e. The standard InChI is InChI=1S/C21H23F3N4O2S/c1-3-4-18-14-27(31(29,30)19-9-10-20(25)26-13-19)11-12-28(18)17-7-5-16(6-8-17)15(2)21(22,23)24/h5-10,13,15,18H,11-12,14H2,1-2H3,(H2,25,26)/t15-,18-/m0/s1. The quantitative estimate of drug-likeness (QED) is 0.721. The Balaban J connectivity index is 1.82. The van der Waals surface area contributed by atoms with Crippen LogP contribution >= 0.6 is 0 Å². The molecule has 1 aliphatic rings. The predicted octanol–water partition coefficient (Wildman–Crippen LogP) is 3.23. The van der Waals surface area contributed by atoms with E-state index in [1.54, 1.807) is 19.1 Å². The summed E-state index contributed by atoms with van der Waals surface area (Å²) in [7, 11) is -3.77. The molecular weight excluding hydrogens is 429 g/mol. The third kappa shape index (κ3) is 4.94. The molecule has 0 radical (unpaired) electrons. The van der Waals surface area contributed by atoms with Crippen molar-refractivity contribution in [3.05, 3.63) is 48.2 Å². The van der Waals surface area contributed by atoms with Gasteiger partial charge in [-0.3, -0.25) is 0 Å². The summed E-state index contributed by atoms with van der Waals surface area (Å²) in [4.78, 5) is 5.80. The van der Waals surface area contributed by atoms with Crippen molar-refractivity contribution in [1.29, 1.82) is 0 Å². The highest BCUT2D eigenvalue weighted by Gasteiger charge is 2.37. The second-order valence-corrected chi connectivity index (χ2v) is 9.18. The Bertz CT molecular complexity index is 1070. The third-order valence-electron chi connectivity index (χ3n) is 5.27. The van der Waals surface area contributed by atoms with Crippen LogP contribution in [0.1, 0.15) is 25.3 Å². The first-order valence-electron chi connectivity index (χ1n) is 9.61. The van der Waals surface area contributed by atoms with E-state index in [1.807, 2.05) is 4.90 Å². The summed E-state index contributed by atoms with van der Waals surface area (Å²) in [5, 5.41) is 0. The molecule has 6 nitrogen and oxygen atoms in total. The highest BCUT2D eigenvalue weighted by molar-refractivity contribution is 7.89. The number of hydrogen-bond donors (Lipinski definition) is 1. The molecule has 0 aliphatic carbocycles. The summed E-state index contributed by atoms with van der Waals surface area (Å²) in [6, 6.07) is 8.54. The molecule has 2 aromatic rings. The van der Waals surface area contributed by atoms with Gasteiger partial charge in [0.25, 0.3) is 0 Å². The van der Waals surface area contributed by atoms with Crippen molar-refractivity contribution in [3.63, 3.8) is 0 Å². The summed E-state index contributed by atoms with van der Waals surface area (Å²) >= 11 is 0. The molecule has 0 amide bonds. The third-order valence-corrected chi connectivity index (χ3v) is 7.12. The Hall–Kier alpha value is -2.77. The molecule has 1 aliphatic heterocycles. The smallest absolute Gasteiger partial charge is 0.384 e. The van der Waals surface area contributed by atoms with Gasteiger partial charge in [0.15, 0.2) is 0 Å². The highest BCUT2D eigenvalue weighted by Crippen LogP contribution is 2.35. The van der Waals surface area contributed by atoms with Gasteiger partial charge in [-0.25, -0.2) is 13.4 Å². The Labute approximate surface area is 179 Å². The van der Waals surface area contributed by atoms with Crippen LogP contribution in [-0.2, 0) is 10.0 Å². The summed E-state index contributed by atoms with van der Waals surface area (Å²) in [5.74, 6) is 4.48. The van der Waals surface area contributed by atoms with Crippen LogP contribution in [0.4, 0.5) is 24.7 Å². The molecule has 166 valence electrons. The molecule has 0 unspecified atom stereocenters. The van der Waals surface area contributed by atoms with Crippen LogP contribution in [0.15, 0.2) is 47.5 Å². The molecule has 0 saturated carbocycles. The van der Waals surface area contributed by atoms with E-state index in [0.717, 1.165) is 6.92 Å². The van der Waals surface area contributed by atoms with Crippen molar-refractivity contribution in [2.45, 2.75) is 36.9 Å². The first kappa shape index (κ1) is 22.9. The maximum absolute atomic E-state index is 13.0. The number of halogens is 3. The van der Waals surface area contributed by atoms with Gasteiger partial charge in [0, 0.05) is 31.5 Å². The van der Waals surface area contributed by atoms with E-state index in [-0.39, 0.29) is 29.4 Å². The minimum atomic E-state index is -4.31. The zero-order valence-corrected chi connectivity index (χ0v) is 17.9. The Morgan fingerprint density at radius 1 is 1.16 bits per heavy atom. The van der Waals surface area contributed by atoms with Gasteiger partial charge >= 0.3 is 6.18 Å².